The predicted octanol–water partition coefficient (Wildman–Crippen LogP) is 2.44. The molecule has 0 fully saturated rings. The summed E-state index contributed by atoms with van der Waals surface area (Å²) in [6.45, 7) is 3.84. The summed E-state index contributed by atoms with van der Waals surface area (Å²) in [7, 11) is 1.33. The molecule has 1 heterocycles. The Kier molecular flexibility index (Phi) is 7.26. The Labute approximate surface area is 158 Å². The summed E-state index contributed by atoms with van der Waals surface area (Å²) in [5, 5.41) is 7.35. The second kappa shape index (κ2) is 9.43. The minimum absolute atomic E-state index is 0.178. The number of carbonyl (C=O) groups is 2. The second-order valence-electron chi connectivity index (χ2n) is 6.00. The molecule has 0 radical (unpaired) electrons. The van der Waals surface area contributed by atoms with Gasteiger partial charge in [-0.15, -0.1) is 0 Å². The van der Waals surface area contributed by atoms with Crippen molar-refractivity contribution in [1.82, 2.24) is 15.1 Å². The fraction of sp³-hybridized carbons (Fsp3) is 0.421. The number of ether oxygens (including phenoxy) is 1. The lowest BCUT2D eigenvalue weighted by Crippen LogP contribution is -2.42. The highest BCUT2D eigenvalue weighted by atomic mass is 32.2. The number of hydrogen-bond acceptors (Lipinski definition) is 5. The molecule has 0 unspecified atom stereocenters. The molecule has 0 aliphatic carbocycles. The fourth-order valence-electron chi connectivity index (χ4n) is 2.78. The largest absolute Gasteiger partial charge is 0.467 e. The Balaban J connectivity index is 2.13. The number of carbonyl (C=O) groups excluding carboxylic acids is 2. The second-order valence-corrected chi connectivity index (χ2v) is 6.98. The summed E-state index contributed by atoms with van der Waals surface area (Å²) in [4.78, 5) is 24.4. The highest BCUT2D eigenvalue weighted by Crippen LogP contribution is 2.18. The molecule has 1 atom stereocenters. The molecule has 6 nitrogen and oxygen atoms in total. The van der Waals surface area contributed by atoms with E-state index in [1.807, 2.05) is 55.1 Å². The van der Waals surface area contributed by atoms with Crippen LogP contribution in [0.25, 0.3) is 5.69 Å². The van der Waals surface area contributed by atoms with Crippen molar-refractivity contribution in [2.24, 2.45) is 0 Å². The van der Waals surface area contributed by atoms with Crippen LogP contribution in [0.4, 0.5) is 0 Å². The topological polar surface area (TPSA) is 73.2 Å². The number of nitrogens with zero attached hydrogens (tertiary/aromatic N) is 2. The minimum atomic E-state index is -0.621. The molecule has 0 aliphatic heterocycles. The predicted molar refractivity (Wildman–Crippen MR) is 104 cm³/mol. The molecule has 1 aromatic carbocycles. The molecule has 1 N–H and O–H groups in total. The lowest BCUT2D eigenvalue weighted by molar-refractivity contribution is -0.145. The number of benzene rings is 1. The molecular weight excluding hydrogens is 350 g/mol. The Bertz CT molecular complexity index is 759. The molecule has 1 amide bonds. The number of para-hydroxylation sites is 1. The van der Waals surface area contributed by atoms with Gasteiger partial charge in [-0.2, -0.15) is 16.9 Å². The van der Waals surface area contributed by atoms with Crippen molar-refractivity contribution in [1.29, 1.82) is 0 Å². The molecular formula is C19H25N3O3S. The van der Waals surface area contributed by atoms with Gasteiger partial charge in [-0.25, -0.2) is 9.48 Å². The minimum Gasteiger partial charge on any atom is -0.467 e. The highest BCUT2D eigenvalue weighted by molar-refractivity contribution is 7.98. The molecule has 0 spiro atoms. The first-order valence-corrected chi connectivity index (χ1v) is 9.84. The average molecular weight is 375 g/mol. The zero-order chi connectivity index (χ0) is 19.1. The van der Waals surface area contributed by atoms with E-state index in [4.69, 9.17) is 4.74 Å². The summed E-state index contributed by atoms with van der Waals surface area (Å²) in [5.74, 6) is 0.144. The summed E-state index contributed by atoms with van der Waals surface area (Å²) < 4.78 is 6.63. The third-order valence-corrected chi connectivity index (χ3v) is 4.85. The van der Waals surface area contributed by atoms with Crippen LogP contribution in [-0.2, 0) is 20.7 Å². The number of aromatic nitrogens is 2. The highest BCUT2D eigenvalue weighted by Gasteiger charge is 2.23. The smallest absolute Gasteiger partial charge is 0.328 e. The van der Waals surface area contributed by atoms with Crippen molar-refractivity contribution in [2.45, 2.75) is 32.7 Å². The molecule has 0 saturated carbocycles. The molecule has 0 aliphatic rings. The summed E-state index contributed by atoms with van der Waals surface area (Å²) in [6.07, 6.45) is 2.68. The van der Waals surface area contributed by atoms with Gasteiger partial charge >= 0.3 is 5.97 Å². The van der Waals surface area contributed by atoms with Crippen LogP contribution in [0, 0.1) is 13.8 Å². The lowest BCUT2D eigenvalue weighted by atomic mass is 10.1. The maximum absolute atomic E-state index is 12.5. The normalized spacial score (nSPS) is 11.8. The molecule has 26 heavy (non-hydrogen) atoms. The van der Waals surface area contributed by atoms with Crippen LogP contribution in [0.1, 0.15) is 23.4 Å². The molecule has 140 valence electrons. The number of methoxy groups -OCH3 is 1. The van der Waals surface area contributed by atoms with Crippen molar-refractivity contribution in [2.75, 3.05) is 19.1 Å². The van der Waals surface area contributed by atoms with Crippen LogP contribution >= 0.6 is 11.8 Å². The number of thioether (sulfide) groups is 1. The third-order valence-electron chi connectivity index (χ3n) is 4.21. The SMILES string of the molecule is COC(=O)[C@H](CCSC)NC(=O)Cc1c(C)nn(-c2ccccc2)c1C. The summed E-state index contributed by atoms with van der Waals surface area (Å²) in [6, 6.07) is 9.17. The Morgan fingerprint density at radius 1 is 1.27 bits per heavy atom. The van der Waals surface area contributed by atoms with Crippen LogP contribution < -0.4 is 5.32 Å². The van der Waals surface area contributed by atoms with Crippen LogP contribution in [0.2, 0.25) is 0 Å². The van der Waals surface area contributed by atoms with E-state index in [1.165, 1.54) is 7.11 Å². The van der Waals surface area contributed by atoms with Gasteiger partial charge in [0.2, 0.25) is 5.91 Å². The average Bonchev–Trinajstić information content (AvgIpc) is 2.93. The van der Waals surface area contributed by atoms with E-state index in [9.17, 15) is 9.59 Å². The molecule has 2 rings (SSSR count). The number of esters is 1. The van der Waals surface area contributed by atoms with Gasteiger partial charge in [0.05, 0.1) is 24.9 Å². The van der Waals surface area contributed by atoms with Crippen molar-refractivity contribution in [3.63, 3.8) is 0 Å². The third kappa shape index (κ3) is 4.88. The van der Waals surface area contributed by atoms with Gasteiger partial charge in [0.1, 0.15) is 6.04 Å². The van der Waals surface area contributed by atoms with Crippen LogP contribution in [0.5, 0.6) is 0 Å². The molecule has 1 aromatic heterocycles. The number of aryl methyl sites for hydroxylation is 1. The molecule has 0 bridgehead atoms. The number of hydrogen-bond donors (Lipinski definition) is 1. The van der Waals surface area contributed by atoms with E-state index in [2.05, 4.69) is 10.4 Å². The van der Waals surface area contributed by atoms with Crippen molar-refractivity contribution in [3.8, 4) is 5.69 Å². The van der Waals surface area contributed by atoms with Gasteiger partial charge in [0, 0.05) is 11.3 Å². The zero-order valence-electron chi connectivity index (χ0n) is 15.6. The zero-order valence-corrected chi connectivity index (χ0v) is 16.4. The molecule has 2 aromatic rings. The monoisotopic (exact) mass is 375 g/mol. The van der Waals surface area contributed by atoms with Gasteiger partial charge in [-0.05, 0) is 44.4 Å². The standard InChI is InChI=1S/C19H25N3O3S/c1-13-16(14(2)22(21-13)15-8-6-5-7-9-15)12-18(23)20-17(10-11-26-4)19(24)25-3/h5-9,17H,10-12H2,1-4H3,(H,20,23)/t17-/m0/s1. The lowest BCUT2D eigenvalue weighted by Gasteiger charge is -2.16. The molecule has 7 heteroatoms. The number of nitrogens with one attached hydrogen (secondary N) is 1. The summed E-state index contributed by atoms with van der Waals surface area (Å²) >= 11 is 1.62. The Hall–Kier alpha value is -2.28. The van der Waals surface area contributed by atoms with Crippen molar-refractivity contribution >= 4 is 23.6 Å². The first kappa shape index (κ1) is 20.0. The van der Waals surface area contributed by atoms with E-state index >= 15 is 0 Å². The quantitative estimate of drug-likeness (QED) is 0.718. The Morgan fingerprint density at radius 3 is 2.58 bits per heavy atom. The van der Waals surface area contributed by atoms with Crippen LogP contribution in [0.15, 0.2) is 30.3 Å². The number of amides is 1. The van der Waals surface area contributed by atoms with Gasteiger partial charge in [0.25, 0.3) is 0 Å². The Morgan fingerprint density at radius 2 is 1.96 bits per heavy atom. The van der Waals surface area contributed by atoms with Crippen LogP contribution in [-0.4, -0.2) is 46.8 Å². The van der Waals surface area contributed by atoms with Crippen LogP contribution in [0.3, 0.4) is 0 Å². The van der Waals surface area contributed by atoms with Gasteiger partial charge in [-0.3, -0.25) is 4.79 Å². The van der Waals surface area contributed by atoms with Crippen molar-refractivity contribution in [3.05, 3.63) is 47.3 Å². The van der Waals surface area contributed by atoms with E-state index in [1.54, 1.807) is 11.8 Å². The van der Waals surface area contributed by atoms with Gasteiger partial charge in [0.15, 0.2) is 0 Å². The van der Waals surface area contributed by atoms with Crippen molar-refractivity contribution < 1.29 is 14.3 Å². The van der Waals surface area contributed by atoms with Gasteiger partial charge in [-0.1, -0.05) is 18.2 Å². The maximum atomic E-state index is 12.5. The van der Waals surface area contributed by atoms with E-state index in [0.29, 0.717) is 6.42 Å². The molecule has 0 saturated heterocycles. The fourth-order valence-corrected chi connectivity index (χ4v) is 3.26. The maximum Gasteiger partial charge on any atom is 0.328 e. The first-order valence-electron chi connectivity index (χ1n) is 8.44. The number of rotatable bonds is 8. The summed E-state index contributed by atoms with van der Waals surface area (Å²) in [5.41, 5.74) is 3.55. The van der Waals surface area contributed by atoms with E-state index in [0.717, 1.165) is 28.4 Å². The first-order chi connectivity index (χ1) is 12.5. The van der Waals surface area contributed by atoms with Gasteiger partial charge < -0.3 is 10.1 Å². The van der Waals surface area contributed by atoms with E-state index < -0.39 is 12.0 Å². The van der Waals surface area contributed by atoms with E-state index in [-0.39, 0.29) is 12.3 Å².